The molecule has 0 aromatic heterocycles. The number of rotatable bonds is 1. The molecule has 3 rings (SSSR count). The van der Waals surface area contributed by atoms with Gasteiger partial charge in [0.15, 0.2) is 0 Å². The lowest BCUT2D eigenvalue weighted by Crippen LogP contribution is -2.35. The van der Waals surface area contributed by atoms with E-state index in [9.17, 15) is 0 Å². The van der Waals surface area contributed by atoms with Gasteiger partial charge in [-0.3, -0.25) is 4.90 Å². The number of hydrogen-bond acceptors (Lipinski definition) is 3. The summed E-state index contributed by atoms with van der Waals surface area (Å²) in [6.07, 6.45) is 1.10. The molecule has 2 aliphatic rings. The van der Waals surface area contributed by atoms with Crippen molar-refractivity contribution in [3.8, 4) is 0 Å². The normalized spacial score (nSPS) is 30.3. The highest BCUT2D eigenvalue weighted by atomic mass is 32.2. The van der Waals surface area contributed by atoms with Gasteiger partial charge in [0, 0.05) is 36.7 Å². The fourth-order valence-electron chi connectivity index (χ4n) is 2.88. The van der Waals surface area contributed by atoms with Crippen molar-refractivity contribution >= 4 is 11.8 Å². The standard InChI is InChI=1S/C13H18N2S/c14-12-9-13(15-5-7-16-8-6-15)11-4-2-1-3-10(11)12/h1-4,12-13H,5-9,14H2. The molecule has 2 N–H and O–H groups in total. The zero-order valence-corrected chi connectivity index (χ0v) is 10.2. The second kappa shape index (κ2) is 4.40. The molecule has 0 saturated carbocycles. The number of nitrogens with two attached hydrogens (primary N) is 1. The highest BCUT2D eigenvalue weighted by molar-refractivity contribution is 7.99. The lowest BCUT2D eigenvalue weighted by Gasteiger charge is -2.32. The minimum absolute atomic E-state index is 0.246. The first-order valence-corrected chi connectivity index (χ1v) is 7.18. The van der Waals surface area contributed by atoms with Gasteiger partial charge >= 0.3 is 0 Å². The van der Waals surface area contributed by atoms with E-state index in [0.29, 0.717) is 6.04 Å². The molecule has 1 fully saturated rings. The molecule has 16 heavy (non-hydrogen) atoms. The molecule has 0 bridgehead atoms. The monoisotopic (exact) mass is 234 g/mol. The molecule has 1 saturated heterocycles. The van der Waals surface area contributed by atoms with Crippen LogP contribution in [0.1, 0.15) is 29.6 Å². The van der Waals surface area contributed by atoms with Crippen molar-refractivity contribution in [1.82, 2.24) is 4.90 Å². The zero-order valence-electron chi connectivity index (χ0n) is 9.43. The Morgan fingerprint density at radius 1 is 1.12 bits per heavy atom. The lowest BCUT2D eigenvalue weighted by molar-refractivity contribution is 0.212. The van der Waals surface area contributed by atoms with Crippen molar-refractivity contribution in [2.45, 2.75) is 18.5 Å². The average molecular weight is 234 g/mol. The Bertz CT molecular complexity index is 374. The molecule has 2 nitrogen and oxygen atoms in total. The minimum Gasteiger partial charge on any atom is -0.324 e. The van der Waals surface area contributed by atoms with Crippen LogP contribution in [0.5, 0.6) is 0 Å². The third-order valence-corrected chi connectivity index (χ3v) is 4.66. The lowest BCUT2D eigenvalue weighted by atomic mass is 10.1. The second-order valence-electron chi connectivity index (χ2n) is 4.64. The summed E-state index contributed by atoms with van der Waals surface area (Å²) in [5.41, 5.74) is 9.05. The van der Waals surface area contributed by atoms with Crippen LogP contribution in [-0.2, 0) is 0 Å². The molecule has 1 aliphatic carbocycles. The van der Waals surface area contributed by atoms with Gasteiger partial charge < -0.3 is 5.73 Å². The van der Waals surface area contributed by atoms with Crippen LogP contribution in [0.2, 0.25) is 0 Å². The van der Waals surface area contributed by atoms with E-state index < -0.39 is 0 Å². The topological polar surface area (TPSA) is 29.3 Å². The van der Waals surface area contributed by atoms with Gasteiger partial charge in [-0.2, -0.15) is 11.8 Å². The SMILES string of the molecule is NC1CC(N2CCSCC2)c2ccccc21. The Balaban J connectivity index is 1.87. The van der Waals surface area contributed by atoms with E-state index in [1.54, 1.807) is 0 Å². The van der Waals surface area contributed by atoms with Crippen molar-refractivity contribution in [2.75, 3.05) is 24.6 Å². The van der Waals surface area contributed by atoms with Gasteiger partial charge in [0.25, 0.3) is 0 Å². The number of hydrogen-bond donors (Lipinski definition) is 1. The average Bonchev–Trinajstić information content (AvgIpc) is 2.69. The van der Waals surface area contributed by atoms with Crippen LogP contribution in [0, 0.1) is 0 Å². The van der Waals surface area contributed by atoms with Gasteiger partial charge in [-0.05, 0) is 17.5 Å². The molecule has 1 aliphatic heterocycles. The minimum atomic E-state index is 0.246. The van der Waals surface area contributed by atoms with Crippen LogP contribution >= 0.6 is 11.8 Å². The van der Waals surface area contributed by atoms with Crippen molar-refractivity contribution < 1.29 is 0 Å². The molecular formula is C13H18N2S. The maximum Gasteiger partial charge on any atom is 0.0370 e. The van der Waals surface area contributed by atoms with Gasteiger partial charge in [-0.25, -0.2) is 0 Å². The molecule has 1 heterocycles. The summed E-state index contributed by atoms with van der Waals surface area (Å²) < 4.78 is 0. The Morgan fingerprint density at radius 2 is 1.81 bits per heavy atom. The summed E-state index contributed by atoms with van der Waals surface area (Å²) >= 11 is 2.07. The first kappa shape index (κ1) is 10.6. The molecule has 0 radical (unpaired) electrons. The highest BCUT2D eigenvalue weighted by Crippen LogP contribution is 2.41. The fraction of sp³-hybridized carbons (Fsp3) is 0.538. The summed E-state index contributed by atoms with van der Waals surface area (Å²) in [4.78, 5) is 2.61. The van der Waals surface area contributed by atoms with Crippen LogP contribution in [0.4, 0.5) is 0 Å². The first-order chi connectivity index (χ1) is 7.86. The Morgan fingerprint density at radius 3 is 2.56 bits per heavy atom. The van der Waals surface area contributed by atoms with Crippen LogP contribution in [0.3, 0.4) is 0 Å². The van der Waals surface area contributed by atoms with E-state index in [2.05, 4.69) is 40.9 Å². The highest BCUT2D eigenvalue weighted by Gasteiger charge is 2.32. The van der Waals surface area contributed by atoms with E-state index >= 15 is 0 Å². The van der Waals surface area contributed by atoms with Crippen LogP contribution in [0.25, 0.3) is 0 Å². The molecular weight excluding hydrogens is 216 g/mol. The van der Waals surface area contributed by atoms with Crippen molar-refractivity contribution in [3.05, 3.63) is 35.4 Å². The number of thioether (sulfide) groups is 1. The summed E-state index contributed by atoms with van der Waals surface area (Å²) in [6, 6.07) is 9.52. The summed E-state index contributed by atoms with van der Waals surface area (Å²) in [5, 5.41) is 0. The summed E-state index contributed by atoms with van der Waals surface area (Å²) in [7, 11) is 0. The predicted molar refractivity (Wildman–Crippen MR) is 69.6 cm³/mol. The largest absolute Gasteiger partial charge is 0.324 e. The van der Waals surface area contributed by atoms with E-state index in [-0.39, 0.29) is 6.04 Å². The molecule has 2 atom stereocenters. The molecule has 1 aromatic rings. The summed E-state index contributed by atoms with van der Waals surface area (Å²) in [6.45, 7) is 2.44. The maximum atomic E-state index is 6.21. The molecule has 2 unspecified atom stereocenters. The molecule has 0 amide bonds. The molecule has 3 heteroatoms. The van der Waals surface area contributed by atoms with Crippen LogP contribution in [-0.4, -0.2) is 29.5 Å². The second-order valence-corrected chi connectivity index (χ2v) is 5.86. The number of fused-ring (bicyclic) bond motifs is 1. The molecule has 86 valence electrons. The predicted octanol–water partition coefficient (Wildman–Crippen LogP) is 2.18. The third-order valence-electron chi connectivity index (χ3n) is 3.72. The van der Waals surface area contributed by atoms with E-state index in [1.165, 1.54) is 35.7 Å². The van der Waals surface area contributed by atoms with Gasteiger partial charge in [0.05, 0.1) is 0 Å². The van der Waals surface area contributed by atoms with Crippen molar-refractivity contribution in [3.63, 3.8) is 0 Å². The Labute approximate surface area is 101 Å². The summed E-state index contributed by atoms with van der Waals surface area (Å²) in [5.74, 6) is 2.54. The zero-order chi connectivity index (χ0) is 11.0. The van der Waals surface area contributed by atoms with Crippen molar-refractivity contribution in [2.24, 2.45) is 5.73 Å². The smallest absolute Gasteiger partial charge is 0.0370 e. The Hall–Kier alpha value is -0.510. The van der Waals surface area contributed by atoms with E-state index in [1.807, 2.05) is 0 Å². The molecule has 0 spiro atoms. The quantitative estimate of drug-likeness (QED) is 0.807. The fourth-order valence-corrected chi connectivity index (χ4v) is 3.81. The van der Waals surface area contributed by atoms with Gasteiger partial charge in [-0.15, -0.1) is 0 Å². The van der Waals surface area contributed by atoms with Gasteiger partial charge in [0.1, 0.15) is 0 Å². The van der Waals surface area contributed by atoms with Gasteiger partial charge in [-0.1, -0.05) is 24.3 Å². The Kier molecular flexibility index (Phi) is 2.92. The van der Waals surface area contributed by atoms with E-state index in [0.717, 1.165) is 6.42 Å². The van der Waals surface area contributed by atoms with Gasteiger partial charge in [0.2, 0.25) is 0 Å². The first-order valence-electron chi connectivity index (χ1n) is 6.02. The number of benzene rings is 1. The van der Waals surface area contributed by atoms with E-state index in [4.69, 9.17) is 5.73 Å². The third kappa shape index (κ3) is 1.77. The maximum absolute atomic E-state index is 6.21. The number of nitrogens with zero attached hydrogens (tertiary/aromatic N) is 1. The van der Waals surface area contributed by atoms with Crippen molar-refractivity contribution in [1.29, 1.82) is 0 Å². The van der Waals surface area contributed by atoms with Crippen LogP contribution < -0.4 is 5.73 Å². The molecule has 1 aromatic carbocycles. The van der Waals surface area contributed by atoms with Crippen LogP contribution in [0.15, 0.2) is 24.3 Å².